The van der Waals surface area contributed by atoms with Crippen molar-refractivity contribution in [2.24, 2.45) is 11.8 Å². The Kier molecular flexibility index (Phi) is 13.5. The van der Waals surface area contributed by atoms with Gasteiger partial charge < -0.3 is 29.9 Å². The largest absolute Gasteiger partial charge is 0.457 e. The Morgan fingerprint density at radius 1 is 0.508 bits per heavy atom. The standard InChI is InChI=1S/C47H44N6O8/c54-46(48-38-7-3-1-4-8-38)50(30-34-13-21-42(22-14-34)60-44-25-17-40(18-26-44)52(56)57)32-36-11-12-37(29-36)33-51(47(55)49-39-9-5-2-6-10-39)31-35-15-23-43(24-16-35)61-45-27-19-41(20-28-45)53(58)59/h1-10,13-28,36-37H,11-12,29-33H2,(H,48,54)(H,49,55). The molecule has 2 atom stereocenters. The van der Waals surface area contributed by atoms with E-state index in [1.165, 1.54) is 24.3 Å². The predicted molar refractivity (Wildman–Crippen MR) is 232 cm³/mol. The van der Waals surface area contributed by atoms with Gasteiger partial charge in [0.15, 0.2) is 0 Å². The van der Waals surface area contributed by atoms with E-state index in [4.69, 9.17) is 9.47 Å². The maximum absolute atomic E-state index is 13.8. The van der Waals surface area contributed by atoms with E-state index < -0.39 is 9.85 Å². The Hall–Kier alpha value is -7.74. The van der Waals surface area contributed by atoms with Gasteiger partial charge in [0.05, 0.1) is 9.85 Å². The maximum Gasteiger partial charge on any atom is 0.322 e. The monoisotopic (exact) mass is 820 g/mol. The van der Waals surface area contributed by atoms with Gasteiger partial charge in [-0.15, -0.1) is 0 Å². The third-order valence-corrected chi connectivity index (χ3v) is 10.4. The van der Waals surface area contributed by atoms with Crippen LogP contribution in [-0.4, -0.2) is 44.8 Å². The molecule has 1 fully saturated rings. The van der Waals surface area contributed by atoms with Gasteiger partial charge in [-0.05, 0) is 115 Å². The molecular weight excluding hydrogens is 777 g/mol. The summed E-state index contributed by atoms with van der Waals surface area (Å²) in [5.41, 5.74) is 3.16. The summed E-state index contributed by atoms with van der Waals surface area (Å²) in [4.78, 5) is 52.4. The van der Waals surface area contributed by atoms with Crippen molar-refractivity contribution in [2.45, 2.75) is 32.4 Å². The van der Waals surface area contributed by atoms with E-state index in [9.17, 15) is 29.8 Å². The van der Waals surface area contributed by atoms with Gasteiger partial charge in [-0.3, -0.25) is 20.2 Å². The van der Waals surface area contributed by atoms with E-state index in [0.29, 0.717) is 60.6 Å². The number of rotatable bonds is 16. The predicted octanol–water partition coefficient (Wildman–Crippen LogP) is 11.3. The van der Waals surface area contributed by atoms with Crippen LogP contribution in [0.2, 0.25) is 0 Å². The zero-order valence-corrected chi connectivity index (χ0v) is 33.2. The highest BCUT2D eigenvalue weighted by molar-refractivity contribution is 5.90. The lowest BCUT2D eigenvalue weighted by Crippen LogP contribution is -2.39. The molecule has 6 aromatic rings. The highest BCUT2D eigenvalue weighted by atomic mass is 16.6. The first kappa shape index (κ1) is 41.4. The number of carbonyl (C=O) groups excluding carboxylic acids is 2. The molecule has 14 heteroatoms. The maximum atomic E-state index is 13.8. The highest BCUT2D eigenvalue weighted by Crippen LogP contribution is 2.34. The number of hydrogen-bond donors (Lipinski definition) is 2. The number of nitro groups is 2. The van der Waals surface area contributed by atoms with Crippen molar-refractivity contribution >= 4 is 34.8 Å². The highest BCUT2D eigenvalue weighted by Gasteiger charge is 2.31. The smallest absolute Gasteiger partial charge is 0.322 e. The second-order valence-electron chi connectivity index (χ2n) is 14.9. The number of hydrogen-bond acceptors (Lipinski definition) is 8. The van der Waals surface area contributed by atoms with Crippen LogP contribution < -0.4 is 20.1 Å². The molecule has 0 spiro atoms. The van der Waals surface area contributed by atoms with Crippen molar-refractivity contribution in [3.63, 3.8) is 0 Å². The number of ether oxygens (including phenoxy) is 2. The van der Waals surface area contributed by atoms with Crippen molar-refractivity contribution in [3.05, 3.63) is 189 Å². The molecule has 7 rings (SSSR count). The fraction of sp³-hybridized carbons (Fsp3) is 0.191. The van der Waals surface area contributed by atoms with Crippen LogP contribution in [-0.2, 0) is 13.1 Å². The number of anilines is 2. The molecule has 6 aromatic carbocycles. The molecule has 0 heterocycles. The van der Waals surface area contributed by atoms with Gasteiger partial charge >= 0.3 is 12.1 Å². The number of non-ortho nitro benzene ring substituents is 2. The number of carbonyl (C=O) groups is 2. The van der Waals surface area contributed by atoms with Crippen LogP contribution in [0.5, 0.6) is 23.0 Å². The van der Waals surface area contributed by atoms with Crippen LogP contribution in [0.1, 0.15) is 30.4 Å². The van der Waals surface area contributed by atoms with Gasteiger partial charge in [-0.1, -0.05) is 60.7 Å². The number of nitrogens with zero attached hydrogens (tertiary/aromatic N) is 4. The number of amides is 4. The zero-order valence-electron chi connectivity index (χ0n) is 33.2. The molecule has 61 heavy (non-hydrogen) atoms. The molecule has 14 nitrogen and oxygen atoms in total. The van der Waals surface area contributed by atoms with Crippen LogP contribution in [0.15, 0.2) is 158 Å². The number of urea groups is 2. The van der Waals surface area contributed by atoms with Gasteiger partial charge in [-0.2, -0.15) is 0 Å². The van der Waals surface area contributed by atoms with Gasteiger partial charge in [0, 0.05) is 61.8 Å². The third-order valence-electron chi connectivity index (χ3n) is 10.4. The molecule has 0 saturated heterocycles. The van der Waals surface area contributed by atoms with Crippen molar-refractivity contribution in [1.29, 1.82) is 0 Å². The molecule has 0 radical (unpaired) electrons. The molecule has 0 aromatic heterocycles. The second-order valence-corrected chi connectivity index (χ2v) is 14.9. The van der Waals surface area contributed by atoms with Gasteiger partial charge in [0.2, 0.25) is 0 Å². The second kappa shape index (κ2) is 19.8. The topological polar surface area (TPSA) is 169 Å². The van der Waals surface area contributed by atoms with Gasteiger partial charge in [0.25, 0.3) is 11.4 Å². The first-order valence-electron chi connectivity index (χ1n) is 19.9. The minimum Gasteiger partial charge on any atom is -0.457 e. The molecule has 1 saturated carbocycles. The summed E-state index contributed by atoms with van der Waals surface area (Å²) in [5.74, 6) is 2.46. The van der Waals surface area contributed by atoms with Crippen molar-refractivity contribution in [2.75, 3.05) is 23.7 Å². The van der Waals surface area contributed by atoms with E-state index in [1.807, 2.05) is 119 Å². The summed E-state index contributed by atoms with van der Waals surface area (Å²) in [7, 11) is 0. The molecule has 0 aliphatic heterocycles. The molecular formula is C47H44N6O8. The summed E-state index contributed by atoms with van der Waals surface area (Å²) >= 11 is 0. The Morgan fingerprint density at radius 2 is 0.836 bits per heavy atom. The number of nitro benzene ring substituents is 2. The van der Waals surface area contributed by atoms with E-state index >= 15 is 0 Å². The Balaban J connectivity index is 1.01. The molecule has 0 bridgehead atoms. The van der Waals surface area contributed by atoms with Gasteiger partial charge in [-0.25, -0.2) is 9.59 Å². The minimum absolute atomic E-state index is 0.0196. The lowest BCUT2D eigenvalue weighted by Gasteiger charge is -2.28. The minimum atomic E-state index is -0.460. The fourth-order valence-electron chi connectivity index (χ4n) is 7.33. The lowest BCUT2D eigenvalue weighted by atomic mass is 10.0. The summed E-state index contributed by atoms with van der Waals surface area (Å²) in [6.07, 6.45) is 2.61. The first-order valence-corrected chi connectivity index (χ1v) is 19.9. The van der Waals surface area contributed by atoms with Crippen molar-refractivity contribution in [1.82, 2.24) is 9.80 Å². The van der Waals surface area contributed by atoms with E-state index in [2.05, 4.69) is 10.6 Å². The summed E-state index contributed by atoms with van der Waals surface area (Å²) in [6, 6.07) is 44.8. The third kappa shape index (κ3) is 11.9. The molecule has 310 valence electrons. The van der Waals surface area contributed by atoms with Crippen molar-refractivity contribution in [3.8, 4) is 23.0 Å². The van der Waals surface area contributed by atoms with E-state index in [1.54, 1.807) is 24.3 Å². The molecule has 4 amide bonds. The van der Waals surface area contributed by atoms with Gasteiger partial charge in [0.1, 0.15) is 23.0 Å². The number of para-hydroxylation sites is 2. The lowest BCUT2D eigenvalue weighted by molar-refractivity contribution is -0.385. The van der Waals surface area contributed by atoms with Crippen molar-refractivity contribution < 1.29 is 28.9 Å². The van der Waals surface area contributed by atoms with Crippen LogP contribution in [0.4, 0.5) is 32.3 Å². The Labute approximate surface area is 352 Å². The zero-order chi connectivity index (χ0) is 42.6. The quantitative estimate of drug-likeness (QED) is 0.0718. The SMILES string of the molecule is O=C(Nc1ccccc1)N(Cc1ccc(Oc2ccc([N+](=O)[O-])cc2)cc1)CC1CCC(CN(Cc2ccc(Oc3ccc([N+](=O)[O-])cc3)cc2)C(=O)Nc2ccccc2)C1. The molecule has 2 unspecified atom stereocenters. The first-order chi connectivity index (χ1) is 29.6. The summed E-state index contributed by atoms with van der Waals surface area (Å²) < 4.78 is 11.8. The number of benzene rings is 6. The fourth-order valence-corrected chi connectivity index (χ4v) is 7.33. The van der Waals surface area contributed by atoms with E-state index in [0.717, 1.165) is 30.4 Å². The molecule has 1 aliphatic rings. The van der Waals surface area contributed by atoms with Crippen LogP contribution in [0.3, 0.4) is 0 Å². The van der Waals surface area contributed by atoms with E-state index in [-0.39, 0.29) is 35.3 Å². The van der Waals surface area contributed by atoms with Crippen LogP contribution in [0.25, 0.3) is 0 Å². The normalized spacial score (nSPS) is 14.4. The average Bonchev–Trinajstić information content (AvgIpc) is 3.72. The number of nitrogens with one attached hydrogen (secondary N) is 2. The molecule has 1 aliphatic carbocycles. The van der Waals surface area contributed by atoms with Crippen LogP contribution in [0, 0.1) is 32.1 Å². The Morgan fingerprint density at radius 3 is 1.16 bits per heavy atom. The average molecular weight is 821 g/mol. The molecule has 2 N–H and O–H groups in total. The summed E-state index contributed by atoms with van der Waals surface area (Å²) in [6.45, 7) is 1.74. The Bertz CT molecular complexity index is 2230. The summed E-state index contributed by atoms with van der Waals surface area (Å²) in [5, 5.41) is 28.1. The van der Waals surface area contributed by atoms with Crippen LogP contribution >= 0.6 is 0 Å².